The zero-order chi connectivity index (χ0) is 9.68. The molecule has 0 saturated carbocycles. The number of benzene rings is 1. The average molecular weight is 291 g/mol. The summed E-state index contributed by atoms with van der Waals surface area (Å²) in [5, 5.41) is 11.4. The van der Waals surface area contributed by atoms with E-state index >= 15 is 0 Å². The Morgan fingerprint density at radius 2 is 2.00 bits per heavy atom. The Labute approximate surface area is 90.3 Å². The number of carboxylic acids is 1. The van der Waals surface area contributed by atoms with Crippen LogP contribution in [0.3, 0.4) is 0 Å². The zero-order valence-electron chi connectivity index (χ0n) is 6.96. The number of carboxylic acid groups (broad SMARTS) is 1. The highest BCUT2D eigenvalue weighted by Crippen LogP contribution is 2.10. The number of rotatable bonds is 4. The molecular formula is C9H10INO2. The first kappa shape index (κ1) is 10.3. The van der Waals surface area contributed by atoms with Crippen LogP contribution in [0.2, 0.25) is 0 Å². The molecule has 0 aliphatic rings. The lowest BCUT2D eigenvalue weighted by Crippen LogP contribution is -2.07. The van der Waals surface area contributed by atoms with Gasteiger partial charge in [0, 0.05) is 15.8 Å². The standard InChI is InChI=1S/C9H10INO2/c10-7-1-3-8(4-2-7)11-6-5-9(12)13/h1-4,11H,5-6H2,(H,12,13). The summed E-state index contributed by atoms with van der Waals surface area (Å²) in [4.78, 5) is 10.2. The van der Waals surface area contributed by atoms with E-state index < -0.39 is 5.97 Å². The molecule has 0 aromatic heterocycles. The van der Waals surface area contributed by atoms with Gasteiger partial charge in [-0.05, 0) is 46.9 Å². The SMILES string of the molecule is O=C(O)CCNc1ccc(I)cc1. The van der Waals surface area contributed by atoms with Crippen molar-refractivity contribution in [2.24, 2.45) is 0 Å². The molecule has 70 valence electrons. The molecule has 1 aromatic rings. The Hall–Kier alpha value is -0.780. The number of hydrogen-bond acceptors (Lipinski definition) is 2. The van der Waals surface area contributed by atoms with Crippen molar-refractivity contribution in [2.45, 2.75) is 6.42 Å². The molecule has 1 aromatic carbocycles. The molecule has 3 nitrogen and oxygen atoms in total. The normalized spacial score (nSPS) is 9.62. The maximum Gasteiger partial charge on any atom is 0.305 e. The van der Waals surface area contributed by atoms with Crippen molar-refractivity contribution >= 4 is 34.2 Å². The molecule has 0 radical (unpaired) electrons. The van der Waals surface area contributed by atoms with Gasteiger partial charge in [-0.25, -0.2) is 0 Å². The predicted molar refractivity (Wildman–Crippen MR) is 59.9 cm³/mol. The Balaban J connectivity index is 2.37. The van der Waals surface area contributed by atoms with Gasteiger partial charge in [0.1, 0.15) is 0 Å². The van der Waals surface area contributed by atoms with E-state index in [1.54, 1.807) is 0 Å². The van der Waals surface area contributed by atoms with Crippen molar-refractivity contribution in [1.82, 2.24) is 0 Å². The van der Waals surface area contributed by atoms with Crippen molar-refractivity contribution in [1.29, 1.82) is 0 Å². The molecule has 0 spiro atoms. The number of anilines is 1. The van der Waals surface area contributed by atoms with E-state index in [1.807, 2.05) is 24.3 Å². The lowest BCUT2D eigenvalue weighted by atomic mass is 10.3. The molecule has 0 atom stereocenters. The molecular weight excluding hydrogens is 281 g/mol. The summed E-state index contributed by atoms with van der Waals surface area (Å²) in [6, 6.07) is 7.82. The number of hydrogen-bond donors (Lipinski definition) is 2. The third-order valence-electron chi connectivity index (χ3n) is 1.51. The second kappa shape index (κ2) is 5.06. The maximum absolute atomic E-state index is 10.2. The van der Waals surface area contributed by atoms with Crippen molar-refractivity contribution in [3.8, 4) is 0 Å². The Morgan fingerprint density at radius 3 is 2.54 bits per heavy atom. The summed E-state index contributed by atoms with van der Waals surface area (Å²) >= 11 is 2.22. The minimum atomic E-state index is -0.780. The molecule has 0 bridgehead atoms. The summed E-state index contributed by atoms with van der Waals surface area (Å²) < 4.78 is 1.17. The third kappa shape index (κ3) is 4.12. The van der Waals surface area contributed by atoms with Gasteiger partial charge in [-0.1, -0.05) is 0 Å². The average Bonchev–Trinajstić information content (AvgIpc) is 2.08. The molecule has 0 aliphatic heterocycles. The number of carbonyl (C=O) groups is 1. The van der Waals surface area contributed by atoms with Gasteiger partial charge in [0.15, 0.2) is 0 Å². The first-order valence-corrected chi connectivity index (χ1v) is 4.97. The van der Waals surface area contributed by atoms with E-state index in [1.165, 1.54) is 3.57 Å². The summed E-state index contributed by atoms with van der Waals surface area (Å²) in [6.07, 6.45) is 0.145. The second-order valence-corrected chi connectivity index (χ2v) is 3.82. The molecule has 0 fully saturated rings. The lowest BCUT2D eigenvalue weighted by Gasteiger charge is -2.03. The minimum absolute atomic E-state index is 0.145. The van der Waals surface area contributed by atoms with Crippen LogP contribution in [-0.2, 0) is 4.79 Å². The molecule has 0 unspecified atom stereocenters. The maximum atomic E-state index is 10.2. The van der Waals surface area contributed by atoms with Gasteiger partial charge in [0.2, 0.25) is 0 Å². The van der Waals surface area contributed by atoms with Gasteiger partial charge in [0.05, 0.1) is 6.42 Å². The van der Waals surface area contributed by atoms with Crippen LogP contribution in [0, 0.1) is 3.57 Å². The number of halogens is 1. The van der Waals surface area contributed by atoms with E-state index in [4.69, 9.17) is 5.11 Å². The Kier molecular flexibility index (Phi) is 4.01. The minimum Gasteiger partial charge on any atom is -0.481 e. The quantitative estimate of drug-likeness (QED) is 0.836. The molecule has 1 rings (SSSR count). The van der Waals surface area contributed by atoms with Gasteiger partial charge < -0.3 is 10.4 Å². The molecule has 4 heteroatoms. The highest BCUT2D eigenvalue weighted by atomic mass is 127. The Morgan fingerprint density at radius 1 is 1.38 bits per heavy atom. The highest BCUT2D eigenvalue weighted by Gasteiger charge is 1.95. The molecule has 2 N–H and O–H groups in total. The van der Waals surface area contributed by atoms with Crippen LogP contribution in [0.25, 0.3) is 0 Å². The van der Waals surface area contributed by atoms with Gasteiger partial charge in [-0.2, -0.15) is 0 Å². The van der Waals surface area contributed by atoms with Gasteiger partial charge in [0.25, 0.3) is 0 Å². The first-order chi connectivity index (χ1) is 6.18. The van der Waals surface area contributed by atoms with E-state index in [2.05, 4.69) is 27.9 Å². The number of aliphatic carboxylic acids is 1. The van der Waals surface area contributed by atoms with E-state index in [0.29, 0.717) is 6.54 Å². The molecule has 13 heavy (non-hydrogen) atoms. The van der Waals surface area contributed by atoms with E-state index in [-0.39, 0.29) is 6.42 Å². The van der Waals surface area contributed by atoms with Gasteiger partial charge >= 0.3 is 5.97 Å². The summed E-state index contributed by atoms with van der Waals surface area (Å²) in [7, 11) is 0. The zero-order valence-corrected chi connectivity index (χ0v) is 9.11. The van der Waals surface area contributed by atoms with Gasteiger partial charge in [-0.3, -0.25) is 4.79 Å². The fourth-order valence-electron chi connectivity index (χ4n) is 0.882. The van der Waals surface area contributed by atoms with Crippen molar-refractivity contribution in [3.63, 3.8) is 0 Å². The van der Waals surface area contributed by atoms with Crippen LogP contribution in [0.15, 0.2) is 24.3 Å². The number of nitrogens with one attached hydrogen (secondary N) is 1. The Bertz CT molecular complexity index is 284. The van der Waals surface area contributed by atoms with E-state index in [9.17, 15) is 4.79 Å². The summed E-state index contributed by atoms with van der Waals surface area (Å²) in [6.45, 7) is 0.468. The highest BCUT2D eigenvalue weighted by molar-refractivity contribution is 14.1. The smallest absolute Gasteiger partial charge is 0.305 e. The topological polar surface area (TPSA) is 49.3 Å². The van der Waals surface area contributed by atoms with Crippen LogP contribution in [0.1, 0.15) is 6.42 Å². The third-order valence-corrected chi connectivity index (χ3v) is 2.23. The molecule has 0 saturated heterocycles. The van der Waals surface area contributed by atoms with Crippen molar-refractivity contribution in [2.75, 3.05) is 11.9 Å². The van der Waals surface area contributed by atoms with Crippen LogP contribution < -0.4 is 5.32 Å². The molecule has 0 aliphatic carbocycles. The fraction of sp³-hybridized carbons (Fsp3) is 0.222. The van der Waals surface area contributed by atoms with Crippen molar-refractivity contribution < 1.29 is 9.90 Å². The monoisotopic (exact) mass is 291 g/mol. The molecule has 0 heterocycles. The van der Waals surface area contributed by atoms with Crippen LogP contribution in [-0.4, -0.2) is 17.6 Å². The molecule has 0 amide bonds. The fourth-order valence-corrected chi connectivity index (χ4v) is 1.24. The predicted octanol–water partition coefficient (Wildman–Crippen LogP) is 2.18. The van der Waals surface area contributed by atoms with Gasteiger partial charge in [-0.15, -0.1) is 0 Å². The van der Waals surface area contributed by atoms with Crippen LogP contribution in [0.5, 0.6) is 0 Å². The van der Waals surface area contributed by atoms with E-state index in [0.717, 1.165) is 5.69 Å². The second-order valence-electron chi connectivity index (χ2n) is 2.58. The first-order valence-electron chi connectivity index (χ1n) is 3.90. The van der Waals surface area contributed by atoms with Crippen molar-refractivity contribution in [3.05, 3.63) is 27.8 Å². The summed E-state index contributed by atoms with van der Waals surface area (Å²) in [5.74, 6) is -0.780. The largest absolute Gasteiger partial charge is 0.481 e. The van der Waals surface area contributed by atoms with Crippen LogP contribution >= 0.6 is 22.6 Å². The van der Waals surface area contributed by atoms with Crippen LogP contribution in [0.4, 0.5) is 5.69 Å². The lowest BCUT2D eigenvalue weighted by molar-refractivity contribution is -0.136. The summed E-state index contributed by atoms with van der Waals surface area (Å²) in [5.41, 5.74) is 0.960.